The Bertz CT molecular complexity index is 1110. The summed E-state index contributed by atoms with van der Waals surface area (Å²) in [6.45, 7) is 2.21. The van der Waals surface area contributed by atoms with Gasteiger partial charge in [0.1, 0.15) is 0 Å². The van der Waals surface area contributed by atoms with Gasteiger partial charge in [-0.05, 0) is 31.5 Å². The second kappa shape index (κ2) is 7.73. The molecule has 1 heterocycles. The number of nitrogens with one attached hydrogen (secondary N) is 1. The predicted octanol–water partition coefficient (Wildman–Crippen LogP) is 4.16. The summed E-state index contributed by atoms with van der Waals surface area (Å²) in [6, 6.07) is 15.9. The van der Waals surface area contributed by atoms with Crippen LogP contribution in [-0.4, -0.2) is 36.0 Å². The van der Waals surface area contributed by atoms with Gasteiger partial charge in [-0.25, -0.2) is 0 Å². The van der Waals surface area contributed by atoms with E-state index in [4.69, 9.17) is 0 Å². The van der Waals surface area contributed by atoms with E-state index < -0.39 is 0 Å². The van der Waals surface area contributed by atoms with Crippen LogP contribution in [0.4, 0.5) is 5.69 Å². The first-order chi connectivity index (χ1) is 14.0. The SMILES string of the molecule is CC(c1cccs1)N(C)CC(=O)Nc1cccc2c1C(=O)c1ccccc1C2=O. The minimum Gasteiger partial charge on any atom is -0.324 e. The number of hydrogen-bond acceptors (Lipinski definition) is 5. The highest BCUT2D eigenvalue weighted by molar-refractivity contribution is 7.10. The molecule has 1 unspecified atom stereocenters. The smallest absolute Gasteiger partial charge is 0.238 e. The van der Waals surface area contributed by atoms with E-state index in [0.29, 0.717) is 22.4 Å². The van der Waals surface area contributed by atoms with Gasteiger partial charge in [-0.2, -0.15) is 0 Å². The van der Waals surface area contributed by atoms with Crippen LogP contribution in [0, 0.1) is 0 Å². The lowest BCUT2D eigenvalue weighted by molar-refractivity contribution is -0.117. The minimum absolute atomic E-state index is 0.0977. The fourth-order valence-electron chi connectivity index (χ4n) is 3.55. The average molecular weight is 404 g/mol. The third-order valence-corrected chi connectivity index (χ3v) is 6.28. The maximum absolute atomic E-state index is 13.0. The molecule has 0 saturated carbocycles. The molecule has 1 aliphatic carbocycles. The number of carbonyl (C=O) groups excluding carboxylic acids is 3. The van der Waals surface area contributed by atoms with Crippen LogP contribution in [0.1, 0.15) is 49.7 Å². The molecule has 0 spiro atoms. The van der Waals surface area contributed by atoms with Crippen LogP contribution in [-0.2, 0) is 4.79 Å². The Labute approximate surface area is 173 Å². The van der Waals surface area contributed by atoms with Gasteiger partial charge in [-0.1, -0.05) is 42.5 Å². The van der Waals surface area contributed by atoms with E-state index in [9.17, 15) is 14.4 Å². The van der Waals surface area contributed by atoms with Gasteiger partial charge in [-0.3, -0.25) is 19.3 Å². The Morgan fingerprint density at radius 1 is 0.966 bits per heavy atom. The van der Waals surface area contributed by atoms with Crippen LogP contribution in [0.15, 0.2) is 60.0 Å². The van der Waals surface area contributed by atoms with Crippen molar-refractivity contribution in [2.45, 2.75) is 13.0 Å². The van der Waals surface area contributed by atoms with E-state index in [0.717, 1.165) is 0 Å². The second-order valence-corrected chi connectivity index (χ2v) is 8.07. The third-order valence-electron chi connectivity index (χ3n) is 5.24. The van der Waals surface area contributed by atoms with Crippen molar-refractivity contribution in [3.63, 3.8) is 0 Å². The number of fused-ring (bicyclic) bond motifs is 2. The standard InChI is InChI=1S/C23H20N2O3S/c1-14(19-11-6-12-29-19)25(2)13-20(26)24-18-10-5-9-17-21(18)23(28)16-8-4-3-7-15(16)22(17)27/h3-12,14H,13H2,1-2H3,(H,24,26). The molecule has 0 radical (unpaired) electrons. The number of thiophene rings is 1. The summed E-state index contributed by atoms with van der Waals surface area (Å²) in [5.74, 6) is -0.676. The van der Waals surface area contributed by atoms with Gasteiger partial charge in [0, 0.05) is 27.6 Å². The van der Waals surface area contributed by atoms with Crippen molar-refractivity contribution >= 4 is 34.5 Å². The molecule has 29 heavy (non-hydrogen) atoms. The molecule has 1 amide bonds. The Morgan fingerprint density at radius 3 is 2.34 bits per heavy atom. The number of likely N-dealkylation sites (N-methyl/N-ethyl adjacent to an activating group) is 1. The molecule has 0 fully saturated rings. The Hall–Kier alpha value is -3.09. The van der Waals surface area contributed by atoms with Gasteiger partial charge in [0.2, 0.25) is 5.91 Å². The molecule has 2 aromatic carbocycles. The largest absolute Gasteiger partial charge is 0.324 e. The van der Waals surface area contributed by atoms with Crippen molar-refractivity contribution in [1.29, 1.82) is 0 Å². The monoisotopic (exact) mass is 404 g/mol. The maximum Gasteiger partial charge on any atom is 0.238 e. The molecule has 1 aliphatic rings. The summed E-state index contributed by atoms with van der Waals surface area (Å²) in [5.41, 5.74) is 1.73. The van der Waals surface area contributed by atoms with E-state index in [1.165, 1.54) is 4.88 Å². The van der Waals surface area contributed by atoms with Crippen molar-refractivity contribution in [2.75, 3.05) is 18.9 Å². The van der Waals surface area contributed by atoms with Crippen LogP contribution in [0.25, 0.3) is 0 Å². The molecule has 3 aromatic rings. The zero-order chi connectivity index (χ0) is 20.5. The number of anilines is 1. The maximum atomic E-state index is 13.0. The van der Waals surface area contributed by atoms with Crippen molar-refractivity contribution in [3.05, 3.63) is 87.1 Å². The number of amides is 1. The van der Waals surface area contributed by atoms with E-state index in [-0.39, 0.29) is 35.6 Å². The number of hydrogen-bond donors (Lipinski definition) is 1. The summed E-state index contributed by atoms with van der Waals surface area (Å²) >= 11 is 1.65. The normalized spacial score (nSPS) is 13.8. The second-order valence-electron chi connectivity index (χ2n) is 7.09. The molecule has 0 aliphatic heterocycles. The molecule has 1 aromatic heterocycles. The topological polar surface area (TPSA) is 66.5 Å². The number of ketones is 2. The first-order valence-electron chi connectivity index (χ1n) is 9.32. The van der Waals surface area contributed by atoms with E-state index >= 15 is 0 Å². The summed E-state index contributed by atoms with van der Waals surface area (Å²) in [6.07, 6.45) is 0. The van der Waals surface area contributed by atoms with Crippen LogP contribution in [0.3, 0.4) is 0 Å². The summed E-state index contributed by atoms with van der Waals surface area (Å²) in [5, 5.41) is 4.84. The average Bonchev–Trinajstić information content (AvgIpc) is 3.26. The fourth-order valence-corrected chi connectivity index (χ4v) is 4.40. The highest BCUT2D eigenvalue weighted by Gasteiger charge is 2.31. The highest BCUT2D eigenvalue weighted by atomic mass is 32.1. The van der Waals surface area contributed by atoms with Gasteiger partial charge in [0.05, 0.1) is 17.8 Å². The first kappa shape index (κ1) is 19.2. The first-order valence-corrected chi connectivity index (χ1v) is 10.2. The molecule has 4 rings (SSSR count). The summed E-state index contributed by atoms with van der Waals surface area (Å²) < 4.78 is 0. The van der Waals surface area contributed by atoms with Gasteiger partial charge in [0.15, 0.2) is 11.6 Å². The molecule has 1 N–H and O–H groups in total. The molecule has 5 nitrogen and oxygen atoms in total. The highest BCUT2D eigenvalue weighted by Crippen LogP contribution is 2.32. The zero-order valence-corrected chi connectivity index (χ0v) is 17.0. The summed E-state index contributed by atoms with van der Waals surface area (Å²) in [4.78, 5) is 41.6. The molecular formula is C23H20N2O3S. The van der Waals surface area contributed by atoms with Crippen molar-refractivity contribution in [1.82, 2.24) is 4.90 Å². The van der Waals surface area contributed by atoms with Crippen LogP contribution >= 0.6 is 11.3 Å². The van der Waals surface area contributed by atoms with Gasteiger partial charge < -0.3 is 5.32 Å². The molecular weight excluding hydrogens is 384 g/mol. The van der Waals surface area contributed by atoms with E-state index in [1.807, 2.05) is 36.4 Å². The molecule has 1 atom stereocenters. The fraction of sp³-hybridized carbons (Fsp3) is 0.174. The van der Waals surface area contributed by atoms with Crippen molar-refractivity contribution < 1.29 is 14.4 Å². The van der Waals surface area contributed by atoms with E-state index in [2.05, 4.69) is 5.32 Å². The van der Waals surface area contributed by atoms with Gasteiger partial charge in [0.25, 0.3) is 0 Å². The molecule has 0 saturated heterocycles. The van der Waals surface area contributed by atoms with Crippen LogP contribution in [0.2, 0.25) is 0 Å². The molecule has 146 valence electrons. The van der Waals surface area contributed by atoms with Crippen LogP contribution in [0.5, 0.6) is 0 Å². The molecule has 0 bridgehead atoms. The zero-order valence-electron chi connectivity index (χ0n) is 16.1. The minimum atomic E-state index is -0.244. The summed E-state index contributed by atoms with van der Waals surface area (Å²) in [7, 11) is 1.88. The Morgan fingerprint density at radius 2 is 1.66 bits per heavy atom. The van der Waals surface area contributed by atoms with E-state index in [1.54, 1.807) is 53.8 Å². The third kappa shape index (κ3) is 3.52. The number of benzene rings is 2. The Balaban J connectivity index is 1.57. The predicted molar refractivity (Wildman–Crippen MR) is 114 cm³/mol. The number of nitrogens with zero attached hydrogens (tertiary/aromatic N) is 1. The lowest BCUT2D eigenvalue weighted by atomic mass is 9.83. The van der Waals surface area contributed by atoms with Gasteiger partial charge in [-0.15, -0.1) is 11.3 Å². The van der Waals surface area contributed by atoms with Crippen LogP contribution < -0.4 is 5.32 Å². The quantitative estimate of drug-likeness (QED) is 0.543. The number of carbonyl (C=O) groups is 3. The molecule has 6 heteroatoms. The van der Waals surface area contributed by atoms with Crippen molar-refractivity contribution in [3.8, 4) is 0 Å². The number of rotatable bonds is 5. The van der Waals surface area contributed by atoms with Gasteiger partial charge >= 0.3 is 0 Å². The lowest BCUT2D eigenvalue weighted by Gasteiger charge is -2.24. The lowest BCUT2D eigenvalue weighted by Crippen LogP contribution is -2.32. The van der Waals surface area contributed by atoms with Crippen molar-refractivity contribution in [2.24, 2.45) is 0 Å². The Kier molecular flexibility index (Phi) is 5.13.